The van der Waals surface area contributed by atoms with Crippen molar-refractivity contribution < 1.29 is 9.47 Å². The molecular weight excluding hydrogens is 290 g/mol. The van der Waals surface area contributed by atoms with Gasteiger partial charge >= 0.3 is 0 Å². The number of halogens is 1. The number of rotatable bonds is 10. The van der Waals surface area contributed by atoms with Crippen LogP contribution in [0.4, 0.5) is 5.82 Å². The molecule has 0 aliphatic heterocycles. The van der Waals surface area contributed by atoms with Crippen LogP contribution in [-0.4, -0.2) is 50.5 Å². The first-order valence-electron chi connectivity index (χ1n) is 7.39. The highest BCUT2D eigenvalue weighted by molar-refractivity contribution is 6.30. The lowest BCUT2D eigenvalue weighted by atomic mass is 10.2. The third-order valence-corrected chi connectivity index (χ3v) is 3.59. The molecule has 0 atom stereocenters. The van der Waals surface area contributed by atoms with E-state index in [-0.39, 0.29) is 0 Å². The van der Waals surface area contributed by atoms with Crippen LogP contribution in [0.2, 0.25) is 5.15 Å². The van der Waals surface area contributed by atoms with Gasteiger partial charge in [-0.3, -0.25) is 0 Å². The van der Waals surface area contributed by atoms with Crippen molar-refractivity contribution in [2.75, 3.05) is 45.4 Å². The molecule has 1 rings (SSSR count). The van der Waals surface area contributed by atoms with Gasteiger partial charge in [0.25, 0.3) is 0 Å². The third kappa shape index (κ3) is 5.77. The summed E-state index contributed by atoms with van der Waals surface area (Å²) in [6.07, 6.45) is 2.77. The summed E-state index contributed by atoms with van der Waals surface area (Å²) in [5, 5.41) is 0.539. The van der Waals surface area contributed by atoms with Crippen molar-refractivity contribution in [1.82, 2.24) is 9.97 Å². The van der Waals surface area contributed by atoms with Crippen LogP contribution in [-0.2, 0) is 15.9 Å². The summed E-state index contributed by atoms with van der Waals surface area (Å²) < 4.78 is 10.3. The van der Waals surface area contributed by atoms with Gasteiger partial charge in [-0.05, 0) is 19.8 Å². The molecule has 1 heterocycles. The molecule has 5 nitrogen and oxygen atoms in total. The number of hydrogen-bond acceptors (Lipinski definition) is 5. The Balaban J connectivity index is 2.97. The third-order valence-electron chi connectivity index (χ3n) is 3.22. The minimum absolute atomic E-state index is 0.539. The monoisotopic (exact) mass is 315 g/mol. The Bertz CT molecular complexity index is 430. The van der Waals surface area contributed by atoms with E-state index in [9.17, 15) is 0 Å². The van der Waals surface area contributed by atoms with Crippen molar-refractivity contribution in [3.63, 3.8) is 0 Å². The fourth-order valence-electron chi connectivity index (χ4n) is 2.09. The molecule has 0 aliphatic rings. The Hall–Kier alpha value is -0.910. The number of anilines is 1. The predicted molar refractivity (Wildman–Crippen MR) is 86.4 cm³/mol. The number of aryl methyl sites for hydroxylation is 1. The SMILES string of the molecule is CCCc1nc(Cl)c(C)c(N(CCCOC)CCOC)n1. The molecule has 1 aromatic rings. The molecule has 120 valence electrons. The number of hydrogen-bond donors (Lipinski definition) is 0. The second-order valence-corrected chi connectivity index (χ2v) is 5.31. The van der Waals surface area contributed by atoms with E-state index in [0.29, 0.717) is 11.8 Å². The van der Waals surface area contributed by atoms with Crippen LogP contribution in [0.25, 0.3) is 0 Å². The summed E-state index contributed by atoms with van der Waals surface area (Å²) in [5.41, 5.74) is 0.921. The van der Waals surface area contributed by atoms with Gasteiger partial charge in [-0.1, -0.05) is 18.5 Å². The molecule has 0 radical (unpaired) electrons. The quantitative estimate of drug-likeness (QED) is 0.491. The maximum atomic E-state index is 6.26. The van der Waals surface area contributed by atoms with E-state index in [1.165, 1.54) is 0 Å². The number of nitrogens with zero attached hydrogens (tertiary/aromatic N) is 3. The number of ether oxygens (including phenoxy) is 2. The standard InChI is InChI=1S/C15H26ClN3O2/c1-5-7-13-17-14(16)12(2)15(18-13)19(9-11-21-4)8-6-10-20-3/h5-11H2,1-4H3. The molecule has 0 aliphatic carbocycles. The van der Waals surface area contributed by atoms with E-state index in [0.717, 1.165) is 56.2 Å². The van der Waals surface area contributed by atoms with Crippen molar-refractivity contribution in [3.05, 3.63) is 16.5 Å². The van der Waals surface area contributed by atoms with Gasteiger partial charge in [0.15, 0.2) is 0 Å². The predicted octanol–water partition coefficient (Wildman–Crippen LogP) is 2.88. The van der Waals surface area contributed by atoms with Crippen LogP contribution in [0.3, 0.4) is 0 Å². The van der Waals surface area contributed by atoms with Crippen molar-refractivity contribution >= 4 is 17.4 Å². The molecule has 0 aromatic carbocycles. The minimum atomic E-state index is 0.539. The lowest BCUT2D eigenvalue weighted by molar-refractivity contribution is 0.191. The Morgan fingerprint density at radius 1 is 1.10 bits per heavy atom. The van der Waals surface area contributed by atoms with Gasteiger partial charge in [0, 0.05) is 45.9 Å². The molecule has 0 N–H and O–H groups in total. The van der Waals surface area contributed by atoms with Gasteiger partial charge in [0.1, 0.15) is 16.8 Å². The van der Waals surface area contributed by atoms with Gasteiger partial charge < -0.3 is 14.4 Å². The minimum Gasteiger partial charge on any atom is -0.385 e. The Kier molecular flexibility index (Phi) is 8.57. The largest absolute Gasteiger partial charge is 0.385 e. The zero-order valence-electron chi connectivity index (χ0n) is 13.5. The van der Waals surface area contributed by atoms with Crippen LogP contribution in [0, 0.1) is 6.92 Å². The first-order chi connectivity index (χ1) is 10.1. The summed E-state index contributed by atoms with van der Waals surface area (Å²) in [4.78, 5) is 11.2. The highest BCUT2D eigenvalue weighted by Gasteiger charge is 2.15. The summed E-state index contributed by atoms with van der Waals surface area (Å²) in [6, 6.07) is 0. The molecule has 0 fully saturated rings. The van der Waals surface area contributed by atoms with Gasteiger partial charge in [0.2, 0.25) is 0 Å². The van der Waals surface area contributed by atoms with E-state index >= 15 is 0 Å². The van der Waals surface area contributed by atoms with Gasteiger partial charge in [-0.25, -0.2) is 9.97 Å². The van der Waals surface area contributed by atoms with Gasteiger partial charge in [0.05, 0.1) is 6.61 Å². The Morgan fingerprint density at radius 3 is 2.43 bits per heavy atom. The average Bonchev–Trinajstić information content (AvgIpc) is 2.47. The Morgan fingerprint density at radius 2 is 1.81 bits per heavy atom. The van der Waals surface area contributed by atoms with Crippen LogP contribution < -0.4 is 4.90 Å². The van der Waals surface area contributed by atoms with Crippen molar-refractivity contribution in [3.8, 4) is 0 Å². The lowest BCUT2D eigenvalue weighted by Crippen LogP contribution is -2.31. The number of aromatic nitrogens is 2. The van der Waals surface area contributed by atoms with Crippen LogP contribution in [0.5, 0.6) is 0 Å². The van der Waals surface area contributed by atoms with Crippen LogP contribution in [0.15, 0.2) is 0 Å². The topological polar surface area (TPSA) is 47.5 Å². The maximum Gasteiger partial charge on any atom is 0.137 e. The summed E-state index contributed by atoms with van der Waals surface area (Å²) in [7, 11) is 3.42. The fraction of sp³-hybridized carbons (Fsp3) is 0.733. The normalized spacial score (nSPS) is 10.9. The van der Waals surface area contributed by atoms with E-state index in [4.69, 9.17) is 21.1 Å². The molecule has 21 heavy (non-hydrogen) atoms. The second kappa shape index (κ2) is 9.92. The van der Waals surface area contributed by atoms with E-state index in [1.54, 1.807) is 14.2 Å². The molecule has 0 saturated heterocycles. The average molecular weight is 316 g/mol. The first kappa shape index (κ1) is 18.1. The molecule has 0 amide bonds. The molecule has 0 spiro atoms. The zero-order valence-corrected chi connectivity index (χ0v) is 14.2. The Labute approximate surface area is 132 Å². The van der Waals surface area contributed by atoms with Crippen molar-refractivity contribution in [1.29, 1.82) is 0 Å². The van der Waals surface area contributed by atoms with E-state index in [1.807, 2.05) is 6.92 Å². The maximum absolute atomic E-state index is 6.26. The summed E-state index contributed by atoms with van der Waals surface area (Å²) >= 11 is 6.26. The number of methoxy groups -OCH3 is 2. The molecule has 0 bridgehead atoms. The van der Waals surface area contributed by atoms with E-state index in [2.05, 4.69) is 21.8 Å². The highest BCUT2D eigenvalue weighted by Crippen LogP contribution is 2.24. The molecule has 1 aromatic heterocycles. The fourth-order valence-corrected chi connectivity index (χ4v) is 2.27. The summed E-state index contributed by atoms with van der Waals surface area (Å²) in [6.45, 7) is 7.08. The summed E-state index contributed by atoms with van der Waals surface area (Å²) in [5.74, 6) is 1.71. The lowest BCUT2D eigenvalue weighted by Gasteiger charge is -2.25. The molecule has 6 heteroatoms. The van der Waals surface area contributed by atoms with Crippen LogP contribution in [0.1, 0.15) is 31.2 Å². The highest BCUT2D eigenvalue weighted by atomic mass is 35.5. The smallest absolute Gasteiger partial charge is 0.137 e. The second-order valence-electron chi connectivity index (χ2n) is 4.96. The van der Waals surface area contributed by atoms with E-state index < -0.39 is 0 Å². The molecule has 0 saturated carbocycles. The van der Waals surface area contributed by atoms with Crippen LogP contribution >= 0.6 is 11.6 Å². The first-order valence-corrected chi connectivity index (χ1v) is 7.77. The van der Waals surface area contributed by atoms with Gasteiger partial charge in [-0.15, -0.1) is 0 Å². The zero-order chi connectivity index (χ0) is 15.7. The van der Waals surface area contributed by atoms with Gasteiger partial charge in [-0.2, -0.15) is 0 Å². The van der Waals surface area contributed by atoms with Crippen molar-refractivity contribution in [2.24, 2.45) is 0 Å². The molecular formula is C15H26ClN3O2. The molecule has 0 unspecified atom stereocenters. The van der Waals surface area contributed by atoms with Crippen molar-refractivity contribution in [2.45, 2.75) is 33.1 Å².